The molecule has 112 valence electrons. The highest BCUT2D eigenvalue weighted by Gasteiger charge is 2.29. The van der Waals surface area contributed by atoms with Gasteiger partial charge in [0.05, 0.1) is 5.69 Å². The van der Waals surface area contributed by atoms with Gasteiger partial charge in [0, 0.05) is 24.9 Å². The highest BCUT2D eigenvalue weighted by molar-refractivity contribution is 7.15. The first-order chi connectivity index (χ1) is 10.1. The van der Waals surface area contributed by atoms with E-state index in [2.05, 4.69) is 20.5 Å². The Labute approximate surface area is 126 Å². The zero-order valence-electron chi connectivity index (χ0n) is 11.7. The van der Waals surface area contributed by atoms with Gasteiger partial charge in [-0.2, -0.15) is 0 Å². The molecule has 0 amide bonds. The molecule has 0 aliphatic heterocycles. The minimum absolute atomic E-state index is 0.445. The average Bonchev–Trinajstić information content (AvgIpc) is 3.04. The zero-order chi connectivity index (χ0) is 14.8. The number of carboxylic acid groups (broad SMARTS) is 1. The van der Waals surface area contributed by atoms with Gasteiger partial charge in [0.25, 0.3) is 0 Å². The summed E-state index contributed by atoms with van der Waals surface area (Å²) in [4.78, 5) is 16.8. The summed E-state index contributed by atoms with van der Waals surface area (Å²) in [5, 5.41) is 21.2. The van der Waals surface area contributed by atoms with Gasteiger partial charge in [0.15, 0.2) is 5.13 Å². The summed E-state index contributed by atoms with van der Waals surface area (Å²) < 4.78 is 1.88. The standard InChI is InChI=1S/C13H17N5O2S/c1-18-7-15-17-10(18)5-6-14-13-16-11-8(12(19)20)3-2-4-9(11)21-13/h7-8H,2-6H2,1H3,(H,14,16)(H,19,20). The van der Waals surface area contributed by atoms with E-state index >= 15 is 0 Å². The lowest BCUT2D eigenvalue weighted by Crippen LogP contribution is -2.17. The number of aryl methyl sites for hydroxylation is 2. The lowest BCUT2D eigenvalue weighted by Gasteiger charge is -2.16. The molecule has 0 radical (unpaired) electrons. The molecule has 2 heterocycles. The van der Waals surface area contributed by atoms with Crippen molar-refractivity contribution in [3.05, 3.63) is 22.7 Å². The number of hydrogen-bond acceptors (Lipinski definition) is 6. The monoisotopic (exact) mass is 307 g/mol. The molecule has 2 aromatic heterocycles. The average molecular weight is 307 g/mol. The third-order valence-corrected chi connectivity index (χ3v) is 4.77. The highest BCUT2D eigenvalue weighted by atomic mass is 32.1. The van der Waals surface area contributed by atoms with E-state index < -0.39 is 11.9 Å². The van der Waals surface area contributed by atoms with Crippen molar-refractivity contribution >= 4 is 22.4 Å². The van der Waals surface area contributed by atoms with Crippen molar-refractivity contribution in [1.82, 2.24) is 19.7 Å². The maximum Gasteiger partial charge on any atom is 0.312 e. The van der Waals surface area contributed by atoms with Gasteiger partial charge in [-0.3, -0.25) is 4.79 Å². The molecule has 0 spiro atoms. The van der Waals surface area contributed by atoms with Crippen molar-refractivity contribution in [3.63, 3.8) is 0 Å². The van der Waals surface area contributed by atoms with Crippen LogP contribution in [0.1, 0.15) is 35.2 Å². The highest BCUT2D eigenvalue weighted by Crippen LogP contribution is 2.36. The van der Waals surface area contributed by atoms with E-state index in [4.69, 9.17) is 0 Å². The number of aromatic nitrogens is 4. The summed E-state index contributed by atoms with van der Waals surface area (Å²) in [7, 11) is 1.91. The summed E-state index contributed by atoms with van der Waals surface area (Å²) in [6, 6.07) is 0. The second-order valence-electron chi connectivity index (χ2n) is 5.15. The molecule has 1 aliphatic carbocycles. The molecule has 3 rings (SSSR count). The second-order valence-corrected chi connectivity index (χ2v) is 6.23. The van der Waals surface area contributed by atoms with Gasteiger partial charge >= 0.3 is 5.97 Å². The molecule has 0 saturated heterocycles. The van der Waals surface area contributed by atoms with Gasteiger partial charge in [-0.25, -0.2) is 4.98 Å². The number of rotatable bonds is 5. The van der Waals surface area contributed by atoms with E-state index in [-0.39, 0.29) is 0 Å². The molecule has 1 aliphatic rings. The fraction of sp³-hybridized carbons (Fsp3) is 0.538. The topological polar surface area (TPSA) is 92.9 Å². The smallest absolute Gasteiger partial charge is 0.312 e. The Hall–Kier alpha value is -1.96. The van der Waals surface area contributed by atoms with Crippen molar-refractivity contribution in [2.75, 3.05) is 11.9 Å². The Kier molecular flexibility index (Phi) is 3.87. The van der Waals surface area contributed by atoms with Crippen LogP contribution in [0.2, 0.25) is 0 Å². The summed E-state index contributed by atoms with van der Waals surface area (Å²) in [6.45, 7) is 0.705. The quantitative estimate of drug-likeness (QED) is 0.868. The zero-order valence-corrected chi connectivity index (χ0v) is 12.6. The van der Waals surface area contributed by atoms with Crippen LogP contribution < -0.4 is 5.32 Å². The van der Waals surface area contributed by atoms with Crippen LogP contribution in [-0.4, -0.2) is 37.4 Å². The molecule has 0 bridgehead atoms. The van der Waals surface area contributed by atoms with Gasteiger partial charge in [-0.1, -0.05) is 0 Å². The molecule has 0 aromatic carbocycles. The first kappa shape index (κ1) is 14.0. The van der Waals surface area contributed by atoms with Crippen LogP contribution in [0.3, 0.4) is 0 Å². The molecule has 1 atom stereocenters. The van der Waals surface area contributed by atoms with Crippen LogP contribution in [0.4, 0.5) is 5.13 Å². The fourth-order valence-electron chi connectivity index (χ4n) is 2.55. The van der Waals surface area contributed by atoms with Crippen molar-refractivity contribution < 1.29 is 9.90 Å². The lowest BCUT2D eigenvalue weighted by molar-refractivity contribution is -0.139. The first-order valence-electron chi connectivity index (χ1n) is 6.94. The Bertz CT molecular complexity index is 651. The normalized spacial score (nSPS) is 17.5. The second kappa shape index (κ2) is 5.80. The molecule has 7 nitrogen and oxygen atoms in total. The number of nitrogens with zero attached hydrogens (tertiary/aromatic N) is 4. The SMILES string of the molecule is Cn1cnnc1CCNc1nc2c(s1)CCCC2C(=O)O. The van der Waals surface area contributed by atoms with Crippen LogP contribution in [0, 0.1) is 0 Å². The third kappa shape index (κ3) is 2.90. The predicted octanol–water partition coefficient (Wildman–Crippen LogP) is 1.43. The number of nitrogens with one attached hydrogen (secondary N) is 1. The fourth-order valence-corrected chi connectivity index (χ4v) is 3.64. The van der Waals surface area contributed by atoms with Crippen LogP contribution in [0.5, 0.6) is 0 Å². The van der Waals surface area contributed by atoms with Gasteiger partial charge in [-0.15, -0.1) is 21.5 Å². The van der Waals surface area contributed by atoms with Gasteiger partial charge in [0.2, 0.25) is 0 Å². The minimum Gasteiger partial charge on any atom is -0.481 e. The van der Waals surface area contributed by atoms with E-state index in [0.717, 1.165) is 40.8 Å². The van der Waals surface area contributed by atoms with Crippen LogP contribution in [0.15, 0.2) is 6.33 Å². The van der Waals surface area contributed by atoms with E-state index in [1.807, 2.05) is 11.6 Å². The number of fused-ring (bicyclic) bond motifs is 1. The van der Waals surface area contributed by atoms with E-state index in [1.165, 1.54) is 0 Å². The molecule has 0 fully saturated rings. The van der Waals surface area contributed by atoms with Gasteiger partial charge < -0.3 is 15.0 Å². The summed E-state index contributed by atoms with van der Waals surface area (Å²) in [5.74, 6) is -0.307. The number of carbonyl (C=O) groups is 1. The molecule has 0 saturated carbocycles. The maximum atomic E-state index is 11.3. The number of anilines is 1. The molecule has 8 heteroatoms. The van der Waals surface area contributed by atoms with Crippen LogP contribution in [-0.2, 0) is 24.7 Å². The third-order valence-electron chi connectivity index (χ3n) is 3.68. The Morgan fingerprint density at radius 2 is 2.48 bits per heavy atom. The Morgan fingerprint density at radius 3 is 3.19 bits per heavy atom. The molecular weight excluding hydrogens is 290 g/mol. The Balaban J connectivity index is 1.65. The number of carboxylic acids is 1. The largest absolute Gasteiger partial charge is 0.481 e. The van der Waals surface area contributed by atoms with Crippen molar-refractivity contribution in [2.45, 2.75) is 31.6 Å². The van der Waals surface area contributed by atoms with Crippen molar-refractivity contribution in [2.24, 2.45) is 7.05 Å². The van der Waals surface area contributed by atoms with E-state index in [0.29, 0.717) is 13.0 Å². The molecular formula is C13H17N5O2S. The predicted molar refractivity (Wildman–Crippen MR) is 78.6 cm³/mol. The number of aliphatic carboxylic acids is 1. The summed E-state index contributed by atoms with van der Waals surface area (Å²) in [5.41, 5.74) is 0.750. The summed E-state index contributed by atoms with van der Waals surface area (Å²) in [6.07, 6.45) is 4.97. The molecule has 1 unspecified atom stereocenters. The number of hydrogen-bond donors (Lipinski definition) is 2. The lowest BCUT2D eigenvalue weighted by atomic mass is 9.91. The van der Waals surface area contributed by atoms with Crippen LogP contribution in [0.25, 0.3) is 0 Å². The van der Waals surface area contributed by atoms with Gasteiger partial charge in [-0.05, 0) is 19.3 Å². The summed E-state index contributed by atoms with van der Waals surface area (Å²) >= 11 is 1.57. The van der Waals surface area contributed by atoms with Crippen molar-refractivity contribution in [1.29, 1.82) is 0 Å². The van der Waals surface area contributed by atoms with Gasteiger partial charge in [0.1, 0.15) is 18.1 Å². The molecule has 2 N–H and O–H groups in total. The minimum atomic E-state index is -0.771. The van der Waals surface area contributed by atoms with Crippen molar-refractivity contribution in [3.8, 4) is 0 Å². The first-order valence-corrected chi connectivity index (χ1v) is 7.76. The molecule has 21 heavy (non-hydrogen) atoms. The van der Waals surface area contributed by atoms with Crippen LogP contribution >= 0.6 is 11.3 Å². The Morgan fingerprint density at radius 1 is 1.62 bits per heavy atom. The van der Waals surface area contributed by atoms with E-state index in [9.17, 15) is 9.90 Å². The van der Waals surface area contributed by atoms with E-state index in [1.54, 1.807) is 17.7 Å². The maximum absolute atomic E-state index is 11.3. The molecule has 2 aromatic rings. The number of thiazole rings is 1.